The molecule has 132 valence electrons. The van der Waals surface area contributed by atoms with Crippen LogP contribution in [0.1, 0.15) is 78.9 Å². The van der Waals surface area contributed by atoms with Gasteiger partial charge in [-0.25, -0.2) is 0 Å². The third kappa shape index (κ3) is 3.20. The second kappa shape index (κ2) is 6.62. The Kier molecular flexibility index (Phi) is 4.32. The SMILES string of the molecule is CC(C)c1nnc2n1CC(NC(=O)c1ccc(C3CCC3)cc1)CC2. The van der Waals surface area contributed by atoms with Gasteiger partial charge in [0.05, 0.1) is 0 Å². The van der Waals surface area contributed by atoms with Crippen LogP contribution in [0, 0.1) is 0 Å². The number of aromatic nitrogens is 3. The molecule has 1 aliphatic heterocycles. The molecule has 1 aliphatic carbocycles. The number of amides is 1. The minimum absolute atomic E-state index is 0.0211. The van der Waals surface area contributed by atoms with Crippen molar-refractivity contribution < 1.29 is 4.79 Å². The average molecular weight is 338 g/mol. The van der Waals surface area contributed by atoms with Crippen LogP contribution in [0.25, 0.3) is 0 Å². The predicted octanol–water partition coefficient (Wildman–Crippen LogP) is 3.41. The fourth-order valence-electron chi connectivity index (χ4n) is 3.81. The van der Waals surface area contributed by atoms with Gasteiger partial charge in [0.25, 0.3) is 5.91 Å². The minimum atomic E-state index is 0.0211. The van der Waals surface area contributed by atoms with Gasteiger partial charge in [-0.15, -0.1) is 10.2 Å². The molecule has 0 saturated heterocycles. The number of rotatable bonds is 4. The van der Waals surface area contributed by atoms with Gasteiger partial charge in [0.2, 0.25) is 0 Å². The zero-order chi connectivity index (χ0) is 17.4. The lowest BCUT2D eigenvalue weighted by atomic mass is 9.80. The van der Waals surface area contributed by atoms with Crippen LogP contribution in [-0.2, 0) is 13.0 Å². The van der Waals surface area contributed by atoms with Crippen molar-refractivity contribution in [2.45, 2.75) is 70.4 Å². The zero-order valence-corrected chi connectivity index (χ0v) is 15.0. The van der Waals surface area contributed by atoms with Crippen LogP contribution in [0.5, 0.6) is 0 Å². The van der Waals surface area contributed by atoms with Crippen molar-refractivity contribution in [1.29, 1.82) is 0 Å². The molecule has 2 aliphatic rings. The molecule has 0 bridgehead atoms. The molecule has 1 N–H and O–H groups in total. The maximum atomic E-state index is 12.6. The van der Waals surface area contributed by atoms with Gasteiger partial charge in [0.1, 0.15) is 11.6 Å². The normalized spacial score (nSPS) is 20.2. The highest BCUT2D eigenvalue weighted by Gasteiger charge is 2.25. The predicted molar refractivity (Wildman–Crippen MR) is 96.7 cm³/mol. The van der Waals surface area contributed by atoms with Crippen LogP contribution in [-0.4, -0.2) is 26.7 Å². The number of benzene rings is 1. The van der Waals surface area contributed by atoms with Crippen molar-refractivity contribution in [2.75, 3.05) is 0 Å². The second-order valence-corrected chi connectivity index (χ2v) is 7.70. The molecule has 1 saturated carbocycles. The van der Waals surface area contributed by atoms with Crippen molar-refractivity contribution in [1.82, 2.24) is 20.1 Å². The fourth-order valence-corrected chi connectivity index (χ4v) is 3.81. The van der Waals surface area contributed by atoms with E-state index in [0.29, 0.717) is 11.8 Å². The van der Waals surface area contributed by atoms with E-state index in [9.17, 15) is 4.79 Å². The third-order valence-electron chi connectivity index (χ3n) is 5.58. The first-order valence-electron chi connectivity index (χ1n) is 9.44. The molecule has 0 radical (unpaired) electrons. The molecule has 25 heavy (non-hydrogen) atoms. The summed E-state index contributed by atoms with van der Waals surface area (Å²) in [5.41, 5.74) is 2.12. The maximum absolute atomic E-state index is 12.6. The molecular weight excluding hydrogens is 312 g/mol. The van der Waals surface area contributed by atoms with Gasteiger partial charge in [0, 0.05) is 30.5 Å². The summed E-state index contributed by atoms with van der Waals surface area (Å²) in [6, 6.07) is 8.31. The van der Waals surface area contributed by atoms with Crippen molar-refractivity contribution in [2.24, 2.45) is 0 Å². The molecule has 2 aromatic rings. The molecule has 1 amide bonds. The topological polar surface area (TPSA) is 59.8 Å². The van der Waals surface area contributed by atoms with Crippen LogP contribution < -0.4 is 5.32 Å². The first-order chi connectivity index (χ1) is 12.1. The Morgan fingerprint density at radius 3 is 2.56 bits per heavy atom. The Bertz CT molecular complexity index is 759. The summed E-state index contributed by atoms with van der Waals surface area (Å²) >= 11 is 0. The molecular formula is C20H26N4O. The minimum Gasteiger partial charge on any atom is -0.347 e. The van der Waals surface area contributed by atoms with E-state index in [1.807, 2.05) is 12.1 Å². The van der Waals surface area contributed by atoms with Crippen LogP contribution in [0.3, 0.4) is 0 Å². The van der Waals surface area contributed by atoms with Crippen LogP contribution in [0.2, 0.25) is 0 Å². The van der Waals surface area contributed by atoms with Crippen molar-refractivity contribution >= 4 is 5.91 Å². The summed E-state index contributed by atoms with van der Waals surface area (Å²) in [6.45, 7) is 5.02. The van der Waals surface area contributed by atoms with Gasteiger partial charge >= 0.3 is 0 Å². The summed E-state index contributed by atoms with van der Waals surface area (Å²) in [5.74, 6) is 3.12. The van der Waals surface area contributed by atoms with E-state index in [1.54, 1.807) is 0 Å². The van der Waals surface area contributed by atoms with Crippen LogP contribution in [0.15, 0.2) is 24.3 Å². The molecule has 5 nitrogen and oxygen atoms in total. The highest BCUT2D eigenvalue weighted by molar-refractivity contribution is 5.94. The number of carbonyl (C=O) groups is 1. The van der Waals surface area contributed by atoms with E-state index in [4.69, 9.17) is 0 Å². The highest BCUT2D eigenvalue weighted by Crippen LogP contribution is 2.36. The summed E-state index contributed by atoms with van der Waals surface area (Å²) in [7, 11) is 0. The quantitative estimate of drug-likeness (QED) is 0.929. The number of hydrogen-bond acceptors (Lipinski definition) is 3. The molecule has 2 heterocycles. The average Bonchev–Trinajstić information content (AvgIpc) is 2.97. The molecule has 1 atom stereocenters. The van der Waals surface area contributed by atoms with Crippen LogP contribution in [0.4, 0.5) is 0 Å². The number of carbonyl (C=O) groups excluding carboxylic acids is 1. The standard InChI is InChI=1S/C20H26N4O/c1-13(2)19-23-22-18-11-10-17(12-24(18)19)21-20(25)16-8-6-15(7-9-16)14-4-3-5-14/h6-9,13-14,17H,3-5,10-12H2,1-2H3,(H,21,25). The fraction of sp³-hybridized carbons (Fsp3) is 0.550. The highest BCUT2D eigenvalue weighted by atomic mass is 16.1. The van der Waals surface area contributed by atoms with Gasteiger partial charge in [0.15, 0.2) is 0 Å². The Morgan fingerprint density at radius 1 is 1.16 bits per heavy atom. The van der Waals surface area contributed by atoms with E-state index in [1.165, 1.54) is 24.8 Å². The zero-order valence-electron chi connectivity index (χ0n) is 15.0. The van der Waals surface area contributed by atoms with Gasteiger partial charge < -0.3 is 9.88 Å². The summed E-state index contributed by atoms with van der Waals surface area (Å²) in [5, 5.41) is 11.8. The number of fused-ring (bicyclic) bond motifs is 1. The summed E-state index contributed by atoms with van der Waals surface area (Å²) in [4.78, 5) is 12.6. The first kappa shape index (κ1) is 16.3. The largest absolute Gasteiger partial charge is 0.347 e. The Labute approximate surface area is 148 Å². The van der Waals surface area contributed by atoms with E-state index < -0.39 is 0 Å². The van der Waals surface area contributed by atoms with Crippen molar-refractivity contribution in [3.05, 3.63) is 47.0 Å². The van der Waals surface area contributed by atoms with E-state index in [0.717, 1.165) is 36.6 Å². The monoisotopic (exact) mass is 338 g/mol. The Balaban J connectivity index is 1.41. The number of nitrogens with zero attached hydrogens (tertiary/aromatic N) is 3. The molecule has 1 fully saturated rings. The van der Waals surface area contributed by atoms with E-state index in [-0.39, 0.29) is 11.9 Å². The van der Waals surface area contributed by atoms with Crippen LogP contribution >= 0.6 is 0 Å². The molecule has 0 spiro atoms. The number of hydrogen-bond donors (Lipinski definition) is 1. The first-order valence-corrected chi connectivity index (χ1v) is 9.44. The lowest BCUT2D eigenvalue weighted by Crippen LogP contribution is -2.41. The van der Waals surface area contributed by atoms with Gasteiger partial charge in [-0.05, 0) is 42.9 Å². The van der Waals surface area contributed by atoms with Crippen molar-refractivity contribution in [3.8, 4) is 0 Å². The number of nitrogens with one attached hydrogen (secondary N) is 1. The molecule has 5 heteroatoms. The molecule has 1 unspecified atom stereocenters. The molecule has 1 aromatic heterocycles. The lowest BCUT2D eigenvalue weighted by Gasteiger charge is -2.27. The maximum Gasteiger partial charge on any atom is 0.251 e. The van der Waals surface area contributed by atoms with E-state index in [2.05, 4.69) is 46.1 Å². The smallest absolute Gasteiger partial charge is 0.251 e. The summed E-state index contributed by atoms with van der Waals surface area (Å²) < 4.78 is 2.18. The van der Waals surface area contributed by atoms with E-state index >= 15 is 0 Å². The van der Waals surface area contributed by atoms with Crippen molar-refractivity contribution in [3.63, 3.8) is 0 Å². The Morgan fingerprint density at radius 2 is 1.92 bits per heavy atom. The second-order valence-electron chi connectivity index (χ2n) is 7.70. The number of aryl methyl sites for hydroxylation is 1. The summed E-state index contributed by atoms with van der Waals surface area (Å²) in [6.07, 6.45) is 5.69. The lowest BCUT2D eigenvalue weighted by molar-refractivity contribution is 0.0927. The van der Waals surface area contributed by atoms with Gasteiger partial charge in [-0.1, -0.05) is 32.4 Å². The third-order valence-corrected chi connectivity index (χ3v) is 5.58. The van der Waals surface area contributed by atoms with Gasteiger partial charge in [-0.2, -0.15) is 0 Å². The van der Waals surface area contributed by atoms with Gasteiger partial charge in [-0.3, -0.25) is 4.79 Å². The molecule has 4 rings (SSSR count). The Hall–Kier alpha value is -2.17. The molecule has 1 aromatic carbocycles.